The van der Waals surface area contributed by atoms with Gasteiger partial charge in [0.25, 0.3) is 5.91 Å². The third-order valence-corrected chi connectivity index (χ3v) is 5.40. The normalized spacial score (nSPS) is 10.9. The van der Waals surface area contributed by atoms with Crippen LogP contribution < -0.4 is 5.32 Å². The van der Waals surface area contributed by atoms with Crippen LogP contribution in [0.4, 0.5) is 5.69 Å². The van der Waals surface area contributed by atoms with Crippen molar-refractivity contribution in [1.82, 2.24) is 0 Å². The van der Waals surface area contributed by atoms with Crippen molar-refractivity contribution in [3.8, 4) is 0 Å². The Morgan fingerprint density at radius 3 is 2.38 bits per heavy atom. The lowest BCUT2D eigenvalue weighted by molar-refractivity contribution is 0.101. The van der Waals surface area contributed by atoms with Crippen LogP contribution >= 0.6 is 39.1 Å². The monoisotopic (exact) mass is 487 g/mol. The summed E-state index contributed by atoms with van der Waals surface area (Å²) >= 11 is 15.4. The SMILES string of the molecule is O=C(Nc1c(C(=O)c2ccc(Br)cc2)oc2ccccc12)c1ccc(Cl)cc1Cl. The van der Waals surface area contributed by atoms with Gasteiger partial charge in [0.05, 0.1) is 16.3 Å². The smallest absolute Gasteiger partial charge is 0.257 e. The first-order valence-corrected chi connectivity index (χ1v) is 10.1. The minimum absolute atomic E-state index is 0.0481. The molecule has 4 rings (SSSR count). The molecular formula is C22H12BrCl2NO3. The molecule has 0 saturated heterocycles. The summed E-state index contributed by atoms with van der Waals surface area (Å²) in [6.07, 6.45) is 0. The lowest BCUT2D eigenvalue weighted by Gasteiger charge is -2.08. The Hall–Kier alpha value is -2.60. The molecule has 1 amide bonds. The topological polar surface area (TPSA) is 59.3 Å². The number of anilines is 1. The molecule has 7 heteroatoms. The first-order chi connectivity index (χ1) is 13.9. The van der Waals surface area contributed by atoms with Gasteiger partial charge in [0, 0.05) is 20.4 Å². The minimum Gasteiger partial charge on any atom is -0.450 e. The highest BCUT2D eigenvalue weighted by Crippen LogP contribution is 2.33. The van der Waals surface area contributed by atoms with Crippen LogP contribution in [-0.4, -0.2) is 11.7 Å². The molecule has 4 aromatic rings. The molecule has 0 radical (unpaired) electrons. The first-order valence-electron chi connectivity index (χ1n) is 8.52. The molecule has 0 bridgehead atoms. The van der Waals surface area contributed by atoms with Crippen molar-refractivity contribution < 1.29 is 14.0 Å². The van der Waals surface area contributed by atoms with Crippen LogP contribution in [0.3, 0.4) is 0 Å². The number of nitrogens with one attached hydrogen (secondary N) is 1. The second kappa shape index (κ2) is 8.03. The Balaban J connectivity index is 1.78. The molecular weight excluding hydrogens is 477 g/mol. The van der Waals surface area contributed by atoms with Crippen LogP contribution in [0.2, 0.25) is 10.0 Å². The number of ketones is 1. The molecule has 3 aromatic carbocycles. The standard InChI is InChI=1S/C22H12BrCl2NO3/c23-13-7-5-12(6-8-13)20(27)21-19(16-3-1-2-4-18(16)29-21)26-22(28)15-10-9-14(24)11-17(15)25/h1-11H,(H,26,28). The highest BCUT2D eigenvalue weighted by atomic mass is 79.9. The molecule has 0 spiro atoms. The number of amides is 1. The minimum atomic E-state index is -0.469. The van der Waals surface area contributed by atoms with E-state index in [4.69, 9.17) is 27.6 Å². The van der Waals surface area contributed by atoms with Crippen molar-refractivity contribution in [2.45, 2.75) is 0 Å². The summed E-state index contributed by atoms with van der Waals surface area (Å²) in [5, 5.41) is 4.03. The number of benzene rings is 3. The zero-order valence-corrected chi connectivity index (χ0v) is 17.8. The van der Waals surface area contributed by atoms with Crippen molar-refractivity contribution in [2.24, 2.45) is 0 Å². The molecule has 1 heterocycles. The van der Waals surface area contributed by atoms with Crippen molar-refractivity contribution in [1.29, 1.82) is 0 Å². The average Bonchev–Trinajstić information content (AvgIpc) is 3.06. The van der Waals surface area contributed by atoms with Crippen LogP contribution in [-0.2, 0) is 0 Å². The molecule has 144 valence electrons. The highest BCUT2D eigenvalue weighted by Gasteiger charge is 2.24. The number of fused-ring (bicyclic) bond motifs is 1. The van der Waals surface area contributed by atoms with Crippen molar-refractivity contribution in [3.63, 3.8) is 0 Å². The van der Waals surface area contributed by atoms with Gasteiger partial charge in [0.1, 0.15) is 5.58 Å². The zero-order chi connectivity index (χ0) is 20.5. The lowest BCUT2D eigenvalue weighted by atomic mass is 10.1. The molecule has 0 atom stereocenters. The molecule has 1 aromatic heterocycles. The molecule has 1 N–H and O–H groups in total. The van der Waals surface area contributed by atoms with E-state index < -0.39 is 5.91 Å². The number of carbonyl (C=O) groups excluding carboxylic acids is 2. The number of carbonyl (C=O) groups is 2. The summed E-state index contributed by atoms with van der Waals surface area (Å²) < 4.78 is 6.65. The number of hydrogen-bond donors (Lipinski definition) is 1. The van der Waals surface area contributed by atoms with Crippen molar-refractivity contribution >= 4 is 67.5 Å². The van der Waals surface area contributed by atoms with Crippen LogP contribution in [0.5, 0.6) is 0 Å². The maximum atomic E-state index is 13.1. The van der Waals surface area contributed by atoms with Gasteiger partial charge in [-0.3, -0.25) is 9.59 Å². The van der Waals surface area contributed by atoms with E-state index in [0.29, 0.717) is 27.2 Å². The second-order valence-electron chi connectivity index (χ2n) is 6.22. The maximum Gasteiger partial charge on any atom is 0.257 e. The Kier molecular flexibility index (Phi) is 5.46. The Labute approximate surface area is 184 Å². The molecule has 0 saturated carbocycles. The van der Waals surface area contributed by atoms with Gasteiger partial charge in [-0.1, -0.05) is 51.3 Å². The quantitative estimate of drug-likeness (QED) is 0.315. The van der Waals surface area contributed by atoms with Gasteiger partial charge in [-0.25, -0.2) is 0 Å². The number of para-hydroxylation sites is 1. The van der Waals surface area contributed by atoms with Crippen molar-refractivity contribution in [2.75, 3.05) is 5.32 Å². The zero-order valence-electron chi connectivity index (χ0n) is 14.7. The fraction of sp³-hybridized carbons (Fsp3) is 0. The van der Waals surface area contributed by atoms with E-state index in [1.165, 1.54) is 12.1 Å². The highest BCUT2D eigenvalue weighted by molar-refractivity contribution is 9.10. The third kappa shape index (κ3) is 3.94. The Morgan fingerprint density at radius 2 is 1.66 bits per heavy atom. The van der Waals surface area contributed by atoms with Gasteiger partial charge < -0.3 is 9.73 Å². The predicted octanol–water partition coefficient (Wildman–Crippen LogP) is 6.99. The van der Waals surface area contributed by atoms with E-state index in [-0.39, 0.29) is 22.1 Å². The number of rotatable bonds is 4. The van der Waals surface area contributed by atoms with E-state index >= 15 is 0 Å². The van der Waals surface area contributed by atoms with Gasteiger partial charge in [-0.2, -0.15) is 0 Å². The number of hydrogen-bond acceptors (Lipinski definition) is 3. The summed E-state index contributed by atoms with van der Waals surface area (Å²) in [7, 11) is 0. The number of halogens is 3. The average molecular weight is 489 g/mol. The predicted molar refractivity (Wildman–Crippen MR) is 118 cm³/mol. The Morgan fingerprint density at radius 1 is 0.931 bits per heavy atom. The van der Waals surface area contributed by atoms with E-state index in [1.54, 1.807) is 54.6 Å². The van der Waals surface area contributed by atoms with Crippen LogP contribution in [0.25, 0.3) is 11.0 Å². The fourth-order valence-corrected chi connectivity index (χ4v) is 3.67. The molecule has 0 aliphatic heterocycles. The van der Waals surface area contributed by atoms with E-state index in [1.807, 2.05) is 0 Å². The van der Waals surface area contributed by atoms with E-state index in [2.05, 4.69) is 21.2 Å². The van der Waals surface area contributed by atoms with Gasteiger partial charge in [-0.05, 0) is 54.6 Å². The molecule has 0 aliphatic carbocycles. The summed E-state index contributed by atoms with van der Waals surface area (Å²) in [5.74, 6) is -0.763. The Bertz CT molecular complexity index is 1250. The summed E-state index contributed by atoms with van der Waals surface area (Å²) in [4.78, 5) is 25.9. The molecule has 29 heavy (non-hydrogen) atoms. The van der Waals surface area contributed by atoms with Gasteiger partial charge in [0.2, 0.25) is 5.78 Å². The van der Waals surface area contributed by atoms with Crippen LogP contribution in [0.15, 0.2) is 75.6 Å². The lowest BCUT2D eigenvalue weighted by Crippen LogP contribution is -2.14. The van der Waals surface area contributed by atoms with Crippen LogP contribution in [0.1, 0.15) is 26.5 Å². The largest absolute Gasteiger partial charge is 0.450 e. The van der Waals surface area contributed by atoms with Gasteiger partial charge in [0.15, 0.2) is 5.76 Å². The summed E-state index contributed by atoms with van der Waals surface area (Å²) in [6.45, 7) is 0. The summed E-state index contributed by atoms with van der Waals surface area (Å²) in [5.41, 5.74) is 1.46. The third-order valence-electron chi connectivity index (χ3n) is 4.32. The first kappa shape index (κ1) is 19.7. The van der Waals surface area contributed by atoms with E-state index in [9.17, 15) is 9.59 Å². The molecule has 0 fully saturated rings. The van der Waals surface area contributed by atoms with Gasteiger partial charge >= 0.3 is 0 Å². The molecule has 0 unspecified atom stereocenters. The number of furan rings is 1. The molecule has 4 nitrogen and oxygen atoms in total. The summed E-state index contributed by atoms with van der Waals surface area (Å²) in [6, 6.07) is 18.6. The second-order valence-corrected chi connectivity index (χ2v) is 7.98. The van der Waals surface area contributed by atoms with Crippen LogP contribution in [0, 0.1) is 0 Å². The van der Waals surface area contributed by atoms with Crippen molar-refractivity contribution in [3.05, 3.63) is 98.1 Å². The fourth-order valence-electron chi connectivity index (χ4n) is 2.92. The maximum absolute atomic E-state index is 13.1. The molecule has 0 aliphatic rings. The van der Waals surface area contributed by atoms with Gasteiger partial charge in [-0.15, -0.1) is 0 Å². The van der Waals surface area contributed by atoms with E-state index in [0.717, 1.165) is 4.47 Å².